The summed E-state index contributed by atoms with van der Waals surface area (Å²) in [6.45, 7) is 3.57. The summed E-state index contributed by atoms with van der Waals surface area (Å²) < 4.78 is 0. The van der Waals surface area contributed by atoms with Crippen molar-refractivity contribution in [2.24, 2.45) is 5.92 Å². The van der Waals surface area contributed by atoms with Gasteiger partial charge in [-0.25, -0.2) is 0 Å². The largest absolute Gasteiger partial charge is 0.345 e. The van der Waals surface area contributed by atoms with Gasteiger partial charge in [0, 0.05) is 10.9 Å². The standard InChI is InChI=1S/C12H13Cl2NO2/c1-7(2)11(16)6-15-12(17)9-4-3-8(13)5-10(9)14/h3-5,7H,6H2,1-2H3,(H,15,17). The van der Waals surface area contributed by atoms with E-state index in [1.807, 2.05) is 0 Å². The first-order valence-electron chi connectivity index (χ1n) is 5.17. The molecular formula is C12H13Cl2NO2. The van der Waals surface area contributed by atoms with Crippen molar-refractivity contribution in [3.8, 4) is 0 Å². The number of ketones is 1. The van der Waals surface area contributed by atoms with Gasteiger partial charge in [0.1, 0.15) is 0 Å². The van der Waals surface area contributed by atoms with Crippen molar-refractivity contribution in [3.05, 3.63) is 33.8 Å². The minimum atomic E-state index is -0.374. The van der Waals surface area contributed by atoms with Crippen LogP contribution >= 0.6 is 23.2 Å². The molecule has 1 aromatic carbocycles. The molecule has 17 heavy (non-hydrogen) atoms. The van der Waals surface area contributed by atoms with Crippen LogP contribution in [0.5, 0.6) is 0 Å². The summed E-state index contributed by atoms with van der Waals surface area (Å²) >= 11 is 11.6. The Balaban J connectivity index is 2.68. The first kappa shape index (κ1) is 14.0. The molecule has 0 bridgehead atoms. The molecular weight excluding hydrogens is 261 g/mol. The number of carbonyl (C=O) groups excluding carboxylic acids is 2. The number of carbonyl (C=O) groups is 2. The molecule has 3 nitrogen and oxygen atoms in total. The molecule has 92 valence electrons. The zero-order valence-corrected chi connectivity index (χ0v) is 11.1. The molecule has 0 radical (unpaired) electrons. The molecule has 0 atom stereocenters. The highest BCUT2D eigenvalue weighted by Gasteiger charge is 2.13. The van der Waals surface area contributed by atoms with Crippen molar-refractivity contribution in [3.63, 3.8) is 0 Å². The van der Waals surface area contributed by atoms with E-state index in [4.69, 9.17) is 23.2 Å². The van der Waals surface area contributed by atoms with Gasteiger partial charge in [-0.05, 0) is 18.2 Å². The maximum Gasteiger partial charge on any atom is 0.253 e. The summed E-state index contributed by atoms with van der Waals surface area (Å²) in [6, 6.07) is 4.59. The first-order valence-corrected chi connectivity index (χ1v) is 5.93. The fraction of sp³-hybridized carbons (Fsp3) is 0.333. The summed E-state index contributed by atoms with van der Waals surface area (Å²) in [7, 11) is 0. The minimum Gasteiger partial charge on any atom is -0.345 e. The molecule has 0 aromatic heterocycles. The number of hydrogen-bond acceptors (Lipinski definition) is 2. The second-order valence-electron chi connectivity index (χ2n) is 3.93. The van der Waals surface area contributed by atoms with Crippen LogP contribution in [0, 0.1) is 5.92 Å². The van der Waals surface area contributed by atoms with Crippen LogP contribution in [0.15, 0.2) is 18.2 Å². The van der Waals surface area contributed by atoms with Crippen LogP contribution in [-0.4, -0.2) is 18.2 Å². The Morgan fingerprint density at radius 1 is 1.29 bits per heavy atom. The zero-order valence-electron chi connectivity index (χ0n) is 9.59. The topological polar surface area (TPSA) is 46.2 Å². The van der Waals surface area contributed by atoms with Gasteiger partial charge >= 0.3 is 0 Å². The van der Waals surface area contributed by atoms with E-state index in [0.717, 1.165) is 0 Å². The van der Waals surface area contributed by atoms with E-state index in [1.165, 1.54) is 12.1 Å². The van der Waals surface area contributed by atoms with E-state index < -0.39 is 0 Å². The number of halogens is 2. The lowest BCUT2D eigenvalue weighted by Crippen LogP contribution is -2.31. The van der Waals surface area contributed by atoms with E-state index in [0.29, 0.717) is 10.6 Å². The summed E-state index contributed by atoms with van der Waals surface area (Å²) in [6.07, 6.45) is 0. The quantitative estimate of drug-likeness (QED) is 0.917. The van der Waals surface area contributed by atoms with Crippen LogP contribution < -0.4 is 5.32 Å². The van der Waals surface area contributed by atoms with E-state index in [2.05, 4.69) is 5.32 Å². The van der Waals surface area contributed by atoms with Crippen LogP contribution in [0.2, 0.25) is 10.0 Å². The van der Waals surface area contributed by atoms with Gasteiger partial charge in [-0.3, -0.25) is 9.59 Å². The van der Waals surface area contributed by atoms with E-state index in [-0.39, 0.29) is 29.2 Å². The molecule has 1 rings (SSSR count). The summed E-state index contributed by atoms with van der Waals surface area (Å²) in [5.74, 6) is -0.500. The molecule has 0 aliphatic rings. The maximum absolute atomic E-state index is 11.7. The first-order chi connectivity index (χ1) is 7.91. The van der Waals surface area contributed by atoms with Gasteiger partial charge in [-0.15, -0.1) is 0 Å². The molecule has 5 heteroatoms. The fourth-order valence-electron chi connectivity index (χ4n) is 1.14. The molecule has 0 heterocycles. The Kier molecular flexibility index (Phi) is 4.97. The molecule has 0 saturated heterocycles. The Morgan fingerprint density at radius 2 is 1.94 bits per heavy atom. The Bertz CT molecular complexity index is 444. The predicted octanol–water partition coefficient (Wildman–Crippen LogP) is 2.95. The van der Waals surface area contributed by atoms with Gasteiger partial charge in [0.15, 0.2) is 5.78 Å². The van der Waals surface area contributed by atoms with E-state index >= 15 is 0 Å². The maximum atomic E-state index is 11.7. The van der Waals surface area contributed by atoms with Crippen LogP contribution in [0.4, 0.5) is 0 Å². The summed E-state index contributed by atoms with van der Waals surface area (Å²) in [5, 5.41) is 3.26. The van der Waals surface area contributed by atoms with E-state index in [1.54, 1.807) is 19.9 Å². The third-order valence-corrected chi connectivity index (χ3v) is 2.79. The molecule has 1 aromatic rings. The highest BCUT2D eigenvalue weighted by atomic mass is 35.5. The normalized spacial score (nSPS) is 10.4. The highest BCUT2D eigenvalue weighted by molar-refractivity contribution is 6.36. The molecule has 0 aliphatic heterocycles. The molecule has 0 spiro atoms. The molecule has 0 unspecified atom stereocenters. The number of amides is 1. The van der Waals surface area contributed by atoms with Crippen molar-refractivity contribution in [2.45, 2.75) is 13.8 Å². The van der Waals surface area contributed by atoms with Gasteiger partial charge in [0.25, 0.3) is 5.91 Å². The fourth-order valence-corrected chi connectivity index (χ4v) is 1.63. The van der Waals surface area contributed by atoms with Crippen molar-refractivity contribution in [1.29, 1.82) is 0 Å². The third kappa shape index (κ3) is 4.02. The number of Topliss-reactive ketones (excluding diaryl/α,β-unsaturated/α-hetero) is 1. The molecule has 0 aliphatic carbocycles. The molecule has 1 amide bonds. The van der Waals surface area contributed by atoms with Crippen LogP contribution in [0.1, 0.15) is 24.2 Å². The van der Waals surface area contributed by atoms with Crippen LogP contribution in [-0.2, 0) is 4.79 Å². The van der Waals surface area contributed by atoms with Crippen molar-refractivity contribution in [1.82, 2.24) is 5.32 Å². The van der Waals surface area contributed by atoms with Crippen molar-refractivity contribution >= 4 is 34.9 Å². The average molecular weight is 274 g/mol. The SMILES string of the molecule is CC(C)C(=O)CNC(=O)c1ccc(Cl)cc1Cl. The number of hydrogen-bond donors (Lipinski definition) is 1. The monoisotopic (exact) mass is 273 g/mol. The molecule has 0 saturated carbocycles. The minimum absolute atomic E-state index is 0.00938. The lowest BCUT2D eigenvalue weighted by atomic mass is 10.1. The zero-order chi connectivity index (χ0) is 13.0. The van der Waals surface area contributed by atoms with Crippen LogP contribution in [0.3, 0.4) is 0 Å². The second kappa shape index (κ2) is 6.03. The highest BCUT2D eigenvalue weighted by Crippen LogP contribution is 2.20. The Morgan fingerprint density at radius 3 is 2.47 bits per heavy atom. The number of rotatable bonds is 4. The third-order valence-electron chi connectivity index (χ3n) is 2.24. The smallest absolute Gasteiger partial charge is 0.253 e. The van der Waals surface area contributed by atoms with Crippen molar-refractivity contribution < 1.29 is 9.59 Å². The van der Waals surface area contributed by atoms with Crippen LogP contribution in [0.25, 0.3) is 0 Å². The summed E-state index contributed by atoms with van der Waals surface area (Å²) in [4.78, 5) is 23.1. The van der Waals surface area contributed by atoms with Gasteiger partial charge < -0.3 is 5.32 Å². The Hall–Kier alpha value is -1.06. The average Bonchev–Trinajstić information content (AvgIpc) is 2.25. The second-order valence-corrected chi connectivity index (χ2v) is 4.77. The van der Waals surface area contributed by atoms with E-state index in [9.17, 15) is 9.59 Å². The molecule has 1 N–H and O–H groups in total. The summed E-state index contributed by atoms with van der Waals surface area (Å²) in [5.41, 5.74) is 0.313. The predicted molar refractivity (Wildman–Crippen MR) is 68.6 cm³/mol. The lowest BCUT2D eigenvalue weighted by molar-refractivity contribution is -0.120. The lowest BCUT2D eigenvalue weighted by Gasteiger charge is -2.08. The van der Waals surface area contributed by atoms with Gasteiger partial charge in [0.2, 0.25) is 0 Å². The molecule has 0 fully saturated rings. The van der Waals surface area contributed by atoms with Crippen molar-refractivity contribution in [2.75, 3.05) is 6.54 Å². The Labute approximate surface area is 110 Å². The number of benzene rings is 1. The van der Waals surface area contributed by atoms with Gasteiger partial charge in [-0.1, -0.05) is 37.0 Å². The number of nitrogens with one attached hydrogen (secondary N) is 1. The van der Waals surface area contributed by atoms with Gasteiger partial charge in [0.05, 0.1) is 17.1 Å². The van der Waals surface area contributed by atoms with Gasteiger partial charge in [-0.2, -0.15) is 0 Å².